The maximum Gasteiger partial charge on any atom is 0.143 e. The van der Waals surface area contributed by atoms with Crippen molar-refractivity contribution in [2.75, 3.05) is 5.43 Å². The number of anilines is 1. The van der Waals surface area contributed by atoms with Crippen molar-refractivity contribution in [2.24, 2.45) is 11.8 Å². The summed E-state index contributed by atoms with van der Waals surface area (Å²) in [6.45, 7) is 4.35. The molecule has 18 heavy (non-hydrogen) atoms. The van der Waals surface area contributed by atoms with Gasteiger partial charge in [-0.2, -0.15) is 0 Å². The fourth-order valence-electron chi connectivity index (χ4n) is 1.80. The van der Waals surface area contributed by atoms with Crippen LogP contribution in [0.2, 0.25) is 0 Å². The molecule has 2 aromatic rings. The van der Waals surface area contributed by atoms with Crippen molar-refractivity contribution in [2.45, 2.75) is 26.7 Å². The minimum absolute atomic E-state index is 0.570. The number of nitrogens with two attached hydrogens (primary N) is 1. The predicted molar refractivity (Wildman–Crippen MR) is 75.5 cm³/mol. The Bertz CT molecular complexity index is 494. The Hall–Kier alpha value is -1.46. The summed E-state index contributed by atoms with van der Waals surface area (Å²) in [6.07, 6.45) is 1.70. The van der Waals surface area contributed by atoms with E-state index >= 15 is 0 Å². The van der Waals surface area contributed by atoms with Crippen LogP contribution in [0.3, 0.4) is 0 Å². The highest BCUT2D eigenvalue weighted by Crippen LogP contribution is 2.15. The first kappa shape index (κ1) is 13.0. The van der Waals surface area contributed by atoms with Crippen molar-refractivity contribution < 1.29 is 0 Å². The molecule has 0 radical (unpaired) electrons. The van der Waals surface area contributed by atoms with Gasteiger partial charge in [0.1, 0.15) is 11.6 Å². The summed E-state index contributed by atoms with van der Waals surface area (Å²) in [6, 6.07) is 6.05. The maximum absolute atomic E-state index is 5.45. The Morgan fingerprint density at radius 2 is 2.22 bits per heavy atom. The minimum atomic E-state index is 0.570. The minimum Gasteiger partial charge on any atom is -0.308 e. The van der Waals surface area contributed by atoms with Crippen molar-refractivity contribution in [3.8, 4) is 0 Å². The summed E-state index contributed by atoms with van der Waals surface area (Å²) in [4.78, 5) is 10.3. The average molecular weight is 262 g/mol. The molecule has 4 nitrogen and oxygen atoms in total. The highest BCUT2D eigenvalue weighted by atomic mass is 32.1. The van der Waals surface area contributed by atoms with Gasteiger partial charge in [-0.25, -0.2) is 15.8 Å². The summed E-state index contributed by atoms with van der Waals surface area (Å²) in [7, 11) is 0. The zero-order valence-corrected chi connectivity index (χ0v) is 11.5. The molecule has 2 aromatic heterocycles. The van der Waals surface area contributed by atoms with Crippen molar-refractivity contribution >= 4 is 17.2 Å². The molecular weight excluding hydrogens is 244 g/mol. The van der Waals surface area contributed by atoms with Crippen LogP contribution >= 0.6 is 11.3 Å². The molecule has 5 heteroatoms. The second kappa shape index (κ2) is 5.93. The third-order valence-electron chi connectivity index (χ3n) is 2.50. The van der Waals surface area contributed by atoms with E-state index in [1.54, 1.807) is 11.3 Å². The number of thiophene rings is 1. The molecular formula is C13H18N4S. The molecule has 0 atom stereocenters. The van der Waals surface area contributed by atoms with Gasteiger partial charge in [-0.1, -0.05) is 19.9 Å². The predicted octanol–water partition coefficient (Wildman–Crippen LogP) is 2.61. The van der Waals surface area contributed by atoms with Crippen LogP contribution in [0.1, 0.15) is 30.2 Å². The second-order valence-electron chi connectivity index (χ2n) is 4.66. The molecule has 0 fully saturated rings. The van der Waals surface area contributed by atoms with Gasteiger partial charge in [-0.05, 0) is 23.8 Å². The Kier molecular flexibility index (Phi) is 4.28. The van der Waals surface area contributed by atoms with Crippen molar-refractivity contribution in [3.05, 3.63) is 40.0 Å². The highest BCUT2D eigenvalue weighted by Gasteiger charge is 2.07. The molecule has 0 unspecified atom stereocenters. The molecule has 2 rings (SSSR count). The first-order valence-corrected chi connectivity index (χ1v) is 6.91. The van der Waals surface area contributed by atoms with E-state index in [-0.39, 0.29) is 0 Å². The lowest BCUT2D eigenvalue weighted by molar-refractivity contribution is 0.631. The van der Waals surface area contributed by atoms with E-state index in [2.05, 4.69) is 40.7 Å². The summed E-state index contributed by atoms with van der Waals surface area (Å²) < 4.78 is 0. The molecule has 0 aliphatic heterocycles. The third kappa shape index (κ3) is 3.51. The smallest absolute Gasteiger partial charge is 0.143 e. The number of rotatable bonds is 5. The SMILES string of the molecule is CC(C)Cc1cc(NN)nc(Cc2cccs2)n1. The van der Waals surface area contributed by atoms with Gasteiger partial charge in [0.05, 0.1) is 0 Å². The normalized spacial score (nSPS) is 10.9. The lowest BCUT2D eigenvalue weighted by Gasteiger charge is -2.08. The van der Waals surface area contributed by atoms with Gasteiger partial charge in [0.2, 0.25) is 0 Å². The molecule has 0 saturated heterocycles. The van der Waals surface area contributed by atoms with E-state index < -0.39 is 0 Å². The Morgan fingerprint density at radius 1 is 1.39 bits per heavy atom. The Labute approximate surface area is 111 Å². The van der Waals surface area contributed by atoms with Gasteiger partial charge in [0, 0.05) is 23.1 Å². The van der Waals surface area contributed by atoms with Crippen LogP contribution in [0.5, 0.6) is 0 Å². The second-order valence-corrected chi connectivity index (χ2v) is 5.69. The first-order valence-electron chi connectivity index (χ1n) is 6.03. The van der Waals surface area contributed by atoms with Gasteiger partial charge >= 0.3 is 0 Å². The molecule has 3 N–H and O–H groups in total. The Balaban J connectivity index is 2.23. The first-order chi connectivity index (χ1) is 8.67. The van der Waals surface area contributed by atoms with E-state index in [9.17, 15) is 0 Å². The van der Waals surface area contributed by atoms with Gasteiger partial charge in [0.15, 0.2) is 0 Å². The van der Waals surface area contributed by atoms with E-state index in [4.69, 9.17) is 5.84 Å². The Morgan fingerprint density at radius 3 is 2.83 bits per heavy atom. The average Bonchev–Trinajstić information content (AvgIpc) is 2.80. The highest BCUT2D eigenvalue weighted by molar-refractivity contribution is 7.09. The van der Waals surface area contributed by atoms with Gasteiger partial charge < -0.3 is 5.43 Å². The molecule has 0 aliphatic rings. The molecule has 0 saturated carbocycles. The van der Waals surface area contributed by atoms with Crippen LogP contribution < -0.4 is 11.3 Å². The lowest BCUT2D eigenvalue weighted by atomic mass is 10.1. The zero-order valence-electron chi connectivity index (χ0n) is 10.7. The van der Waals surface area contributed by atoms with Crippen LogP contribution in [0.4, 0.5) is 5.82 Å². The number of hydrazine groups is 1. The fraction of sp³-hybridized carbons (Fsp3) is 0.385. The molecule has 96 valence electrons. The van der Waals surface area contributed by atoms with Gasteiger partial charge in [-0.15, -0.1) is 11.3 Å². The van der Waals surface area contributed by atoms with Crippen LogP contribution in [-0.4, -0.2) is 9.97 Å². The molecule has 0 amide bonds. The number of hydrogen-bond donors (Lipinski definition) is 2. The number of nitrogens with zero attached hydrogens (tertiary/aromatic N) is 2. The van der Waals surface area contributed by atoms with Crippen LogP contribution in [0.15, 0.2) is 23.6 Å². The molecule has 0 aromatic carbocycles. The number of nitrogen functional groups attached to an aromatic ring is 1. The summed E-state index contributed by atoms with van der Waals surface area (Å²) in [5.74, 6) is 7.53. The quantitative estimate of drug-likeness (QED) is 0.642. The van der Waals surface area contributed by atoms with Crippen molar-refractivity contribution in [3.63, 3.8) is 0 Å². The topological polar surface area (TPSA) is 63.8 Å². The third-order valence-corrected chi connectivity index (χ3v) is 3.38. The largest absolute Gasteiger partial charge is 0.308 e. The van der Waals surface area contributed by atoms with E-state index in [0.717, 1.165) is 24.4 Å². The van der Waals surface area contributed by atoms with Crippen molar-refractivity contribution in [1.29, 1.82) is 0 Å². The van der Waals surface area contributed by atoms with Crippen LogP contribution in [-0.2, 0) is 12.8 Å². The summed E-state index contributed by atoms with van der Waals surface area (Å²) in [5.41, 5.74) is 3.65. The molecule has 0 aliphatic carbocycles. The standard InChI is InChI=1S/C13H18N4S/c1-9(2)6-10-7-13(17-14)16-12(15-10)8-11-4-3-5-18-11/h3-5,7,9H,6,8,14H2,1-2H3,(H,15,16,17). The zero-order chi connectivity index (χ0) is 13.0. The van der Waals surface area contributed by atoms with Gasteiger partial charge in [0.25, 0.3) is 0 Å². The number of nitrogens with one attached hydrogen (secondary N) is 1. The number of aromatic nitrogens is 2. The number of hydrogen-bond acceptors (Lipinski definition) is 5. The van der Waals surface area contributed by atoms with E-state index in [1.165, 1.54) is 4.88 Å². The lowest BCUT2D eigenvalue weighted by Crippen LogP contribution is -2.12. The maximum atomic E-state index is 5.45. The molecule has 2 heterocycles. The van der Waals surface area contributed by atoms with E-state index in [1.807, 2.05) is 12.1 Å². The van der Waals surface area contributed by atoms with Crippen LogP contribution in [0.25, 0.3) is 0 Å². The summed E-state index contributed by atoms with van der Waals surface area (Å²) in [5, 5.41) is 2.06. The fourth-order valence-corrected chi connectivity index (χ4v) is 2.50. The molecule has 0 spiro atoms. The monoisotopic (exact) mass is 262 g/mol. The van der Waals surface area contributed by atoms with E-state index in [0.29, 0.717) is 11.7 Å². The molecule has 0 bridgehead atoms. The summed E-state index contributed by atoms with van der Waals surface area (Å²) >= 11 is 1.72. The van der Waals surface area contributed by atoms with Crippen LogP contribution in [0, 0.1) is 5.92 Å². The van der Waals surface area contributed by atoms with Crippen molar-refractivity contribution in [1.82, 2.24) is 9.97 Å². The van der Waals surface area contributed by atoms with Gasteiger partial charge in [-0.3, -0.25) is 0 Å².